The Morgan fingerprint density at radius 1 is 1.24 bits per heavy atom. The summed E-state index contributed by atoms with van der Waals surface area (Å²) in [5.41, 5.74) is 3.05. The third-order valence-electron chi connectivity index (χ3n) is 6.40. The van der Waals surface area contributed by atoms with Gasteiger partial charge in [0.15, 0.2) is 11.8 Å². The lowest BCUT2D eigenvalue weighted by Crippen LogP contribution is -2.44. The fourth-order valence-corrected chi connectivity index (χ4v) is 4.69. The molecule has 7 nitrogen and oxygen atoms in total. The number of hydrogen-bond acceptors (Lipinski definition) is 4. The summed E-state index contributed by atoms with van der Waals surface area (Å²) in [7, 11) is 3.73. The van der Waals surface area contributed by atoms with E-state index in [-0.39, 0.29) is 5.41 Å². The molecule has 156 valence electrons. The van der Waals surface area contributed by atoms with Crippen molar-refractivity contribution in [1.29, 1.82) is 0 Å². The van der Waals surface area contributed by atoms with Crippen LogP contribution in [0.3, 0.4) is 0 Å². The Balaban J connectivity index is 1.62. The largest absolute Gasteiger partial charge is 0.385 e. The van der Waals surface area contributed by atoms with E-state index < -0.39 is 0 Å². The van der Waals surface area contributed by atoms with Crippen LogP contribution in [0.2, 0.25) is 0 Å². The molecule has 2 aromatic rings. The van der Waals surface area contributed by atoms with E-state index in [0.29, 0.717) is 6.54 Å². The highest BCUT2D eigenvalue weighted by molar-refractivity contribution is 5.98. The van der Waals surface area contributed by atoms with Gasteiger partial charge in [0.05, 0.1) is 0 Å². The van der Waals surface area contributed by atoms with E-state index in [1.165, 1.54) is 36.9 Å². The van der Waals surface area contributed by atoms with Gasteiger partial charge in [0, 0.05) is 45.0 Å². The molecule has 1 spiro atoms. The van der Waals surface area contributed by atoms with E-state index in [4.69, 9.17) is 9.73 Å². The molecule has 1 N–H and O–H groups in total. The van der Waals surface area contributed by atoms with Crippen molar-refractivity contribution in [2.45, 2.75) is 51.0 Å². The zero-order chi connectivity index (χ0) is 20.3. The number of nitrogens with zero attached hydrogens (tertiary/aromatic N) is 5. The SMILES string of the molecule is COCCCNC(=NCc1nnc(C)n1C)N1CC2(CCCC2)c2ccccc21. The number of aliphatic imine (C=N–C) groups is 1. The highest BCUT2D eigenvalue weighted by atomic mass is 16.5. The van der Waals surface area contributed by atoms with Gasteiger partial charge in [0.1, 0.15) is 12.4 Å². The third kappa shape index (κ3) is 3.88. The molecule has 1 aliphatic heterocycles. The molecule has 4 rings (SSSR count). The molecule has 1 aromatic heterocycles. The second-order valence-corrected chi connectivity index (χ2v) is 8.23. The van der Waals surface area contributed by atoms with E-state index in [2.05, 4.69) is 44.7 Å². The molecule has 0 amide bonds. The maximum absolute atomic E-state index is 5.21. The minimum atomic E-state index is 0.271. The first-order chi connectivity index (χ1) is 14.1. The zero-order valence-corrected chi connectivity index (χ0v) is 17.8. The van der Waals surface area contributed by atoms with Gasteiger partial charge in [-0.2, -0.15) is 0 Å². The van der Waals surface area contributed by atoms with Crippen LogP contribution in [-0.4, -0.2) is 47.5 Å². The first-order valence-electron chi connectivity index (χ1n) is 10.6. The van der Waals surface area contributed by atoms with Crippen molar-refractivity contribution >= 4 is 11.6 Å². The Morgan fingerprint density at radius 3 is 2.76 bits per heavy atom. The number of guanidine groups is 1. The summed E-state index contributed by atoms with van der Waals surface area (Å²) in [5.74, 6) is 2.71. The molecule has 0 unspecified atom stereocenters. The van der Waals surface area contributed by atoms with Crippen LogP contribution in [0.4, 0.5) is 5.69 Å². The first-order valence-corrected chi connectivity index (χ1v) is 10.6. The monoisotopic (exact) mass is 396 g/mol. The van der Waals surface area contributed by atoms with E-state index in [1.807, 2.05) is 18.5 Å². The average Bonchev–Trinajstić information content (AvgIpc) is 3.43. The molecule has 0 saturated heterocycles. The summed E-state index contributed by atoms with van der Waals surface area (Å²) in [5, 5.41) is 12.0. The van der Waals surface area contributed by atoms with Crippen LogP contribution in [0, 0.1) is 6.92 Å². The number of benzene rings is 1. The van der Waals surface area contributed by atoms with Gasteiger partial charge in [0.2, 0.25) is 0 Å². The molecule has 1 aromatic carbocycles. The smallest absolute Gasteiger partial charge is 0.198 e. The number of hydrogen-bond donors (Lipinski definition) is 1. The fraction of sp³-hybridized carbons (Fsp3) is 0.591. The minimum absolute atomic E-state index is 0.271. The van der Waals surface area contributed by atoms with Crippen LogP contribution in [0.15, 0.2) is 29.3 Å². The number of para-hydroxylation sites is 1. The minimum Gasteiger partial charge on any atom is -0.385 e. The number of nitrogens with one attached hydrogen (secondary N) is 1. The first kappa shape index (κ1) is 19.9. The molecule has 1 fully saturated rings. The van der Waals surface area contributed by atoms with E-state index in [0.717, 1.165) is 43.7 Å². The quantitative estimate of drug-likeness (QED) is 0.462. The Morgan fingerprint density at radius 2 is 2.03 bits per heavy atom. The van der Waals surface area contributed by atoms with Crippen LogP contribution in [-0.2, 0) is 23.7 Å². The van der Waals surface area contributed by atoms with E-state index >= 15 is 0 Å². The Kier molecular flexibility index (Phi) is 5.85. The summed E-state index contributed by atoms with van der Waals surface area (Å²) < 4.78 is 7.22. The van der Waals surface area contributed by atoms with E-state index in [9.17, 15) is 0 Å². The van der Waals surface area contributed by atoms with Gasteiger partial charge >= 0.3 is 0 Å². The number of rotatable bonds is 6. The molecule has 1 aliphatic carbocycles. The van der Waals surface area contributed by atoms with Crippen LogP contribution >= 0.6 is 0 Å². The van der Waals surface area contributed by atoms with Gasteiger partial charge in [-0.25, -0.2) is 4.99 Å². The van der Waals surface area contributed by atoms with Crippen molar-refractivity contribution in [3.8, 4) is 0 Å². The fourth-order valence-electron chi connectivity index (χ4n) is 4.69. The molecule has 1 saturated carbocycles. The molecular weight excluding hydrogens is 364 g/mol. The highest BCUT2D eigenvalue weighted by Gasteiger charge is 2.45. The van der Waals surface area contributed by atoms with Gasteiger partial charge in [-0.3, -0.25) is 0 Å². The van der Waals surface area contributed by atoms with Crippen molar-refractivity contribution in [3.63, 3.8) is 0 Å². The van der Waals surface area contributed by atoms with Crippen molar-refractivity contribution < 1.29 is 4.74 Å². The topological polar surface area (TPSA) is 67.6 Å². The number of aryl methyl sites for hydroxylation is 1. The predicted molar refractivity (Wildman–Crippen MR) is 115 cm³/mol. The molecular formula is C22H32N6O. The zero-order valence-electron chi connectivity index (χ0n) is 17.8. The van der Waals surface area contributed by atoms with Crippen molar-refractivity contribution in [2.75, 3.05) is 31.7 Å². The van der Waals surface area contributed by atoms with Crippen LogP contribution in [0.5, 0.6) is 0 Å². The van der Waals surface area contributed by atoms with Gasteiger partial charge in [0.25, 0.3) is 0 Å². The maximum atomic E-state index is 5.21. The summed E-state index contributed by atoms with van der Waals surface area (Å²) >= 11 is 0. The Labute approximate surface area is 173 Å². The second kappa shape index (κ2) is 8.53. The van der Waals surface area contributed by atoms with Gasteiger partial charge in [-0.1, -0.05) is 31.0 Å². The predicted octanol–water partition coefficient (Wildman–Crippen LogP) is 2.94. The van der Waals surface area contributed by atoms with Crippen LogP contribution in [0.25, 0.3) is 0 Å². The summed E-state index contributed by atoms with van der Waals surface area (Å²) in [4.78, 5) is 7.35. The normalized spacial score (nSPS) is 17.9. The molecule has 0 radical (unpaired) electrons. The molecule has 2 aliphatic rings. The Hall–Kier alpha value is -2.41. The molecule has 29 heavy (non-hydrogen) atoms. The molecule has 0 atom stereocenters. The number of ether oxygens (including phenoxy) is 1. The second-order valence-electron chi connectivity index (χ2n) is 8.23. The third-order valence-corrected chi connectivity index (χ3v) is 6.40. The summed E-state index contributed by atoms with van der Waals surface area (Å²) in [6.45, 7) is 5.04. The lowest BCUT2D eigenvalue weighted by atomic mass is 9.81. The summed E-state index contributed by atoms with van der Waals surface area (Å²) in [6, 6.07) is 8.86. The summed E-state index contributed by atoms with van der Waals surface area (Å²) in [6.07, 6.45) is 6.10. The molecule has 2 heterocycles. The number of aromatic nitrogens is 3. The van der Waals surface area contributed by atoms with Gasteiger partial charge < -0.3 is 19.5 Å². The number of anilines is 1. The standard InChI is InChI=1S/C22H32N6O/c1-17-25-26-20(27(17)2)15-24-21(23-13-8-14-29-3)28-16-22(11-6-7-12-22)18-9-4-5-10-19(18)28/h4-5,9-10H,6-8,11-16H2,1-3H3,(H,23,24). The van der Waals surface area contributed by atoms with Crippen LogP contribution < -0.4 is 10.2 Å². The molecule has 7 heteroatoms. The van der Waals surface area contributed by atoms with Gasteiger partial charge in [-0.15, -0.1) is 10.2 Å². The van der Waals surface area contributed by atoms with E-state index in [1.54, 1.807) is 7.11 Å². The van der Waals surface area contributed by atoms with Gasteiger partial charge in [-0.05, 0) is 37.8 Å². The van der Waals surface area contributed by atoms with Crippen LogP contribution in [0.1, 0.15) is 49.3 Å². The maximum Gasteiger partial charge on any atom is 0.198 e. The van der Waals surface area contributed by atoms with Crippen molar-refractivity contribution in [3.05, 3.63) is 41.5 Å². The van der Waals surface area contributed by atoms with Crippen molar-refractivity contribution in [2.24, 2.45) is 12.0 Å². The number of fused-ring (bicyclic) bond motifs is 2. The highest BCUT2D eigenvalue weighted by Crippen LogP contribution is 2.50. The van der Waals surface area contributed by atoms with Crippen molar-refractivity contribution in [1.82, 2.24) is 20.1 Å². The Bertz CT molecular complexity index is 868. The molecule has 0 bridgehead atoms. The average molecular weight is 397 g/mol. The lowest BCUT2D eigenvalue weighted by Gasteiger charge is -2.27. The number of methoxy groups -OCH3 is 1. The lowest BCUT2D eigenvalue weighted by molar-refractivity contribution is 0.195.